The molecule has 27 heavy (non-hydrogen) atoms. The van der Waals surface area contributed by atoms with Crippen LogP contribution < -0.4 is 25.2 Å². The van der Waals surface area contributed by atoms with E-state index in [9.17, 15) is 8.42 Å². The van der Waals surface area contributed by atoms with Crippen LogP contribution in [0.2, 0.25) is 0 Å². The van der Waals surface area contributed by atoms with Gasteiger partial charge in [-0.25, -0.2) is 13.6 Å². The summed E-state index contributed by atoms with van der Waals surface area (Å²) in [5, 5.41) is 11.6. The van der Waals surface area contributed by atoms with E-state index in [0.717, 1.165) is 5.56 Å². The molecule has 0 aromatic heterocycles. The number of sulfonamides is 1. The third-order valence-electron chi connectivity index (χ3n) is 3.50. The number of hydrogen-bond acceptors (Lipinski definition) is 5. The standard InChI is InChI=1S/C18H23N3O4S2/c1-3-24-16-10-5-13(11-17(16)25-4-2)12-20-18(26)21-14-6-8-15(9-7-14)27(19,22)23/h5-11H,3-4,12H2,1-2H3,(H2,19,22,23)(H2,20,21,26). The predicted octanol–water partition coefficient (Wildman–Crippen LogP) is 2.62. The fraction of sp³-hybridized carbons (Fsp3) is 0.278. The number of rotatable bonds is 8. The van der Waals surface area contributed by atoms with E-state index in [0.29, 0.717) is 42.1 Å². The van der Waals surface area contributed by atoms with Crippen molar-refractivity contribution >= 4 is 33.0 Å². The average molecular weight is 410 g/mol. The van der Waals surface area contributed by atoms with E-state index in [1.807, 2.05) is 32.0 Å². The number of anilines is 1. The van der Waals surface area contributed by atoms with Gasteiger partial charge in [0.2, 0.25) is 10.0 Å². The van der Waals surface area contributed by atoms with Gasteiger partial charge in [-0.05, 0) is 68.0 Å². The van der Waals surface area contributed by atoms with Crippen LogP contribution in [0.1, 0.15) is 19.4 Å². The van der Waals surface area contributed by atoms with E-state index < -0.39 is 10.0 Å². The lowest BCUT2D eigenvalue weighted by Gasteiger charge is -2.14. The molecule has 4 N–H and O–H groups in total. The van der Waals surface area contributed by atoms with Crippen molar-refractivity contribution in [1.29, 1.82) is 0 Å². The highest BCUT2D eigenvalue weighted by Gasteiger charge is 2.08. The van der Waals surface area contributed by atoms with Gasteiger partial charge in [-0.15, -0.1) is 0 Å². The monoisotopic (exact) mass is 409 g/mol. The molecule has 9 heteroatoms. The minimum atomic E-state index is -3.71. The van der Waals surface area contributed by atoms with Crippen molar-refractivity contribution in [3.63, 3.8) is 0 Å². The molecule has 0 radical (unpaired) electrons. The maximum atomic E-state index is 11.3. The van der Waals surface area contributed by atoms with Gasteiger partial charge in [-0.2, -0.15) is 0 Å². The van der Waals surface area contributed by atoms with Gasteiger partial charge in [0.1, 0.15) is 0 Å². The fourth-order valence-corrected chi connectivity index (χ4v) is 3.00. The highest BCUT2D eigenvalue weighted by Crippen LogP contribution is 2.28. The predicted molar refractivity (Wildman–Crippen MR) is 110 cm³/mol. The van der Waals surface area contributed by atoms with Crippen LogP contribution >= 0.6 is 12.2 Å². The maximum Gasteiger partial charge on any atom is 0.238 e. The fourth-order valence-electron chi connectivity index (χ4n) is 2.29. The van der Waals surface area contributed by atoms with Gasteiger partial charge in [-0.1, -0.05) is 6.07 Å². The summed E-state index contributed by atoms with van der Waals surface area (Å²) in [4.78, 5) is 0.0461. The first kappa shape index (κ1) is 20.9. The number of ether oxygens (including phenoxy) is 2. The summed E-state index contributed by atoms with van der Waals surface area (Å²) in [5.74, 6) is 1.40. The van der Waals surface area contributed by atoms with Crippen molar-refractivity contribution in [3.05, 3.63) is 48.0 Å². The van der Waals surface area contributed by atoms with Crippen LogP contribution in [0, 0.1) is 0 Å². The summed E-state index contributed by atoms with van der Waals surface area (Å²) in [6.45, 7) is 5.45. The molecule has 7 nitrogen and oxygen atoms in total. The van der Waals surface area contributed by atoms with Crippen LogP contribution in [0.4, 0.5) is 5.69 Å². The zero-order valence-electron chi connectivity index (χ0n) is 15.2. The minimum absolute atomic E-state index is 0.0461. The number of primary sulfonamides is 1. The van der Waals surface area contributed by atoms with Crippen LogP contribution in [0.5, 0.6) is 11.5 Å². The molecule has 0 spiro atoms. The largest absolute Gasteiger partial charge is 0.490 e. The van der Waals surface area contributed by atoms with Gasteiger partial charge >= 0.3 is 0 Å². The lowest BCUT2D eigenvalue weighted by molar-refractivity contribution is 0.287. The Hall–Kier alpha value is -2.36. The summed E-state index contributed by atoms with van der Waals surface area (Å²) in [6, 6.07) is 11.7. The smallest absolute Gasteiger partial charge is 0.238 e. The van der Waals surface area contributed by atoms with Gasteiger partial charge in [0.25, 0.3) is 0 Å². The van der Waals surface area contributed by atoms with E-state index >= 15 is 0 Å². The van der Waals surface area contributed by atoms with Gasteiger partial charge in [0, 0.05) is 12.2 Å². The molecule has 0 bridgehead atoms. The average Bonchev–Trinajstić information content (AvgIpc) is 2.62. The number of benzene rings is 2. The zero-order valence-corrected chi connectivity index (χ0v) is 16.8. The first-order valence-corrected chi connectivity index (χ1v) is 10.3. The lowest BCUT2D eigenvalue weighted by Crippen LogP contribution is -2.27. The number of nitrogens with one attached hydrogen (secondary N) is 2. The summed E-state index contributed by atoms with van der Waals surface area (Å²) < 4.78 is 33.7. The minimum Gasteiger partial charge on any atom is -0.490 e. The Morgan fingerprint density at radius 2 is 1.67 bits per heavy atom. The highest BCUT2D eigenvalue weighted by atomic mass is 32.2. The third kappa shape index (κ3) is 6.38. The molecule has 0 heterocycles. The SMILES string of the molecule is CCOc1ccc(CNC(=S)Nc2ccc(S(N)(=O)=O)cc2)cc1OCC. The number of nitrogens with two attached hydrogens (primary N) is 1. The highest BCUT2D eigenvalue weighted by molar-refractivity contribution is 7.89. The molecule has 2 aromatic rings. The Balaban J connectivity index is 1.96. The molecule has 2 aromatic carbocycles. The van der Waals surface area contributed by atoms with Crippen molar-refractivity contribution in [2.75, 3.05) is 18.5 Å². The molecular formula is C18H23N3O4S2. The van der Waals surface area contributed by atoms with E-state index in [4.69, 9.17) is 26.8 Å². The van der Waals surface area contributed by atoms with E-state index in [-0.39, 0.29) is 4.90 Å². The normalized spacial score (nSPS) is 10.9. The topological polar surface area (TPSA) is 103 Å². The third-order valence-corrected chi connectivity index (χ3v) is 4.68. The van der Waals surface area contributed by atoms with Crippen LogP contribution in [0.3, 0.4) is 0 Å². The second-order valence-electron chi connectivity index (χ2n) is 5.52. The summed E-state index contributed by atoms with van der Waals surface area (Å²) >= 11 is 5.27. The molecule has 146 valence electrons. The van der Waals surface area contributed by atoms with Gasteiger partial charge < -0.3 is 20.1 Å². The van der Waals surface area contributed by atoms with Crippen LogP contribution in [-0.2, 0) is 16.6 Å². The van der Waals surface area contributed by atoms with Gasteiger partial charge in [-0.3, -0.25) is 0 Å². The van der Waals surface area contributed by atoms with E-state index in [1.54, 1.807) is 12.1 Å². The maximum absolute atomic E-state index is 11.3. The second-order valence-corrected chi connectivity index (χ2v) is 7.49. The van der Waals surface area contributed by atoms with Crippen molar-refractivity contribution in [2.45, 2.75) is 25.3 Å². The first-order chi connectivity index (χ1) is 12.8. The molecule has 0 saturated heterocycles. The lowest BCUT2D eigenvalue weighted by atomic mass is 10.2. The number of hydrogen-bond donors (Lipinski definition) is 3. The molecule has 0 aliphatic rings. The molecule has 0 unspecified atom stereocenters. The molecule has 0 atom stereocenters. The first-order valence-electron chi connectivity index (χ1n) is 8.39. The van der Waals surface area contributed by atoms with Gasteiger partial charge in [0.05, 0.1) is 18.1 Å². The van der Waals surface area contributed by atoms with Gasteiger partial charge in [0.15, 0.2) is 16.6 Å². The molecule has 0 aliphatic carbocycles. The molecule has 2 rings (SSSR count). The molecular weight excluding hydrogens is 386 g/mol. The molecule has 0 amide bonds. The Kier molecular flexibility index (Phi) is 7.40. The summed E-state index contributed by atoms with van der Waals surface area (Å²) in [6.07, 6.45) is 0. The van der Waals surface area contributed by atoms with Crippen molar-refractivity contribution in [1.82, 2.24) is 5.32 Å². The Morgan fingerprint density at radius 1 is 1.04 bits per heavy atom. The van der Waals surface area contributed by atoms with Crippen molar-refractivity contribution < 1.29 is 17.9 Å². The Labute approximate surface area is 164 Å². The molecule has 0 saturated carbocycles. The van der Waals surface area contributed by atoms with Crippen molar-refractivity contribution in [2.24, 2.45) is 5.14 Å². The van der Waals surface area contributed by atoms with E-state index in [1.165, 1.54) is 12.1 Å². The van der Waals surface area contributed by atoms with Crippen molar-refractivity contribution in [3.8, 4) is 11.5 Å². The zero-order chi connectivity index (χ0) is 19.9. The van der Waals surface area contributed by atoms with Crippen LogP contribution in [0.25, 0.3) is 0 Å². The Morgan fingerprint density at radius 3 is 2.26 bits per heavy atom. The molecule has 0 aliphatic heterocycles. The number of thiocarbonyl (C=S) groups is 1. The quantitative estimate of drug-likeness (QED) is 0.576. The van der Waals surface area contributed by atoms with E-state index in [2.05, 4.69) is 10.6 Å². The molecule has 0 fully saturated rings. The summed E-state index contributed by atoms with van der Waals surface area (Å²) in [5.41, 5.74) is 1.64. The second kappa shape index (κ2) is 9.54. The Bertz CT molecular complexity index is 884. The van der Waals surface area contributed by atoms with Crippen LogP contribution in [0.15, 0.2) is 47.4 Å². The summed E-state index contributed by atoms with van der Waals surface area (Å²) in [7, 11) is -3.71. The van der Waals surface area contributed by atoms with Crippen LogP contribution in [-0.4, -0.2) is 26.7 Å².